The van der Waals surface area contributed by atoms with Crippen molar-refractivity contribution in [3.8, 4) is 0 Å². The van der Waals surface area contributed by atoms with Gasteiger partial charge in [-0.15, -0.1) is 0 Å². The summed E-state index contributed by atoms with van der Waals surface area (Å²) in [7, 11) is -7.23. The van der Waals surface area contributed by atoms with E-state index in [4.69, 9.17) is 0 Å². The van der Waals surface area contributed by atoms with Gasteiger partial charge in [0.2, 0.25) is 0 Å². The van der Waals surface area contributed by atoms with Crippen LogP contribution in [-0.4, -0.2) is 39.1 Å². The Labute approximate surface area is 72.5 Å². The Balaban J connectivity index is 3.62. The van der Waals surface area contributed by atoms with Crippen molar-refractivity contribution in [3.63, 3.8) is 0 Å². The van der Waals surface area contributed by atoms with Crippen LogP contribution in [0.25, 0.3) is 0 Å². The molecule has 12 heavy (non-hydrogen) atoms. The van der Waals surface area contributed by atoms with Gasteiger partial charge in [0.15, 0.2) is 0 Å². The molecule has 0 radical (unpaired) electrons. The van der Waals surface area contributed by atoms with Gasteiger partial charge < -0.3 is 4.55 Å². The minimum atomic E-state index is -4.19. The molecule has 0 spiro atoms. The molecule has 0 heterocycles. The quantitative estimate of drug-likeness (QED) is 0.449. The third-order valence-corrected chi connectivity index (χ3v) is 2.98. The first-order valence-corrected chi connectivity index (χ1v) is 6.96. The zero-order valence-corrected chi connectivity index (χ0v) is 8.32. The lowest BCUT2D eigenvalue weighted by Gasteiger charge is -2.04. The van der Waals surface area contributed by atoms with Crippen molar-refractivity contribution in [2.45, 2.75) is 12.8 Å². The van der Waals surface area contributed by atoms with E-state index in [1.807, 2.05) is 0 Å². The molecule has 0 atom stereocenters. The summed E-state index contributed by atoms with van der Waals surface area (Å²) in [5, 5.41) is 0. The summed E-state index contributed by atoms with van der Waals surface area (Å²) < 4.78 is 51.2. The van der Waals surface area contributed by atoms with Crippen LogP contribution in [-0.2, 0) is 20.0 Å². The van der Waals surface area contributed by atoms with Gasteiger partial charge in [0.1, 0.15) is 9.84 Å². The molecule has 0 unspecified atom stereocenters. The van der Waals surface area contributed by atoms with Crippen LogP contribution in [0.4, 0.5) is 0 Å². The van der Waals surface area contributed by atoms with Crippen LogP contribution in [0.15, 0.2) is 0 Å². The van der Waals surface area contributed by atoms with Crippen LogP contribution in [0.3, 0.4) is 0 Å². The Kier molecular flexibility index (Phi) is 4.15. The van der Waals surface area contributed by atoms with Gasteiger partial charge in [-0.3, -0.25) is 0 Å². The molecule has 0 saturated carbocycles. The first-order chi connectivity index (χ1) is 5.21. The first-order valence-electron chi connectivity index (χ1n) is 3.32. The van der Waals surface area contributed by atoms with E-state index in [1.54, 1.807) is 0 Å². The second-order valence-electron chi connectivity index (χ2n) is 2.60. The Hall–Kier alpha value is -0.140. The predicted octanol–water partition coefficient (Wildman–Crippen LogP) is -0.644. The topological polar surface area (TPSA) is 91.3 Å². The monoisotopic (exact) mass is 215 g/mol. The van der Waals surface area contributed by atoms with Crippen molar-refractivity contribution in [3.05, 3.63) is 0 Å². The van der Waals surface area contributed by atoms with Gasteiger partial charge in [-0.1, -0.05) is 0 Å². The number of sulfone groups is 1. The molecule has 0 bridgehead atoms. The van der Waals surface area contributed by atoms with E-state index in [9.17, 15) is 21.4 Å². The van der Waals surface area contributed by atoms with Crippen LogP contribution in [0.2, 0.25) is 0 Å². The van der Waals surface area contributed by atoms with Crippen molar-refractivity contribution in [2.24, 2.45) is 0 Å². The molecule has 0 amide bonds. The molecule has 0 N–H and O–H groups in total. The summed E-state index contributed by atoms with van der Waals surface area (Å²) in [6.45, 7) is 0. The lowest BCUT2D eigenvalue weighted by atomic mass is 10.4. The van der Waals surface area contributed by atoms with Gasteiger partial charge in [0, 0.05) is 17.8 Å². The first kappa shape index (κ1) is 11.9. The van der Waals surface area contributed by atoms with Gasteiger partial charge in [0.05, 0.1) is 10.1 Å². The molecule has 0 rings (SSSR count). The highest BCUT2D eigenvalue weighted by Crippen LogP contribution is 1.96. The van der Waals surface area contributed by atoms with Gasteiger partial charge in [-0.25, -0.2) is 16.8 Å². The number of rotatable bonds is 5. The van der Waals surface area contributed by atoms with Crippen LogP contribution < -0.4 is 0 Å². The maximum absolute atomic E-state index is 10.5. The molecule has 74 valence electrons. The second-order valence-corrected chi connectivity index (χ2v) is 6.38. The van der Waals surface area contributed by atoms with E-state index >= 15 is 0 Å². The Bertz CT molecular complexity index is 278. The highest BCUT2D eigenvalue weighted by molar-refractivity contribution is 7.90. The summed E-state index contributed by atoms with van der Waals surface area (Å²) in [4.78, 5) is 0. The average Bonchev–Trinajstić information content (AvgIpc) is 1.76. The largest absolute Gasteiger partial charge is 0.748 e. The van der Waals surface area contributed by atoms with Gasteiger partial charge in [0.25, 0.3) is 0 Å². The van der Waals surface area contributed by atoms with Crippen molar-refractivity contribution in [1.82, 2.24) is 0 Å². The second kappa shape index (κ2) is 4.20. The molecular weight excluding hydrogens is 204 g/mol. The average molecular weight is 215 g/mol. The number of hydrogen-bond acceptors (Lipinski definition) is 5. The fourth-order valence-corrected chi connectivity index (χ4v) is 1.93. The fraction of sp³-hybridized carbons (Fsp3) is 1.00. The van der Waals surface area contributed by atoms with Gasteiger partial charge in [-0.05, 0) is 12.8 Å². The van der Waals surface area contributed by atoms with Crippen molar-refractivity contribution >= 4 is 20.0 Å². The van der Waals surface area contributed by atoms with Crippen LogP contribution >= 0.6 is 0 Å². The zero-order valence-electron chi connectivity index (χ0n) is 6.69. The lowest BCUT2D eigenvalue weighted by Crippen LogP contribution is -2.08. The highest BCUT2D eigenvalue weighted by atomic mass is 32.2. The van der Waals surface area contributed by atoms with Crippen molar-refractivity contribution < 1.29 is 21.4 Å². The van der Waals surface area contributed by atoms with Crippen LogP contribution in [0, 0.1) is 0 Å². The fourth-order valence-electron chi connectivity index (χ4n) is 0.643. The van der Waals surface area contributed by atoms with E-state index in [0.29, 0.717) is 0 Å². The summed E-state index contributed by atoms with van der Waals surface area (Å²) in [5.41, 5.74) is 0. The normalized spacial score (nSPS) is 13.2. The molecular formula is C5H11O5S2-. The molecule has 0 aliphatic rings. The minimum Gasteiger partial charge on any atom is -0.748 e. The van der Waals surface area contributed by atoms with E-state index in [-0.39, 0.29) is 18.6 Å². The molecule has 0 aromatic carbocycles. The third-order valence-electron chi connectivity index (χ3n) is 1.16. The predicted molar refractivity (Wildman–Crippen MR) is 43.5 cm³/mol. The Morgan fingerprint density at radius 1 is 1.00 bits per heavy atom. The zero-order chi connectivity index (χ0) is 9.83. The van der Waals surface area contributed by atoms with E-state index in [0.717, 1.165) is 6.26 Å². The molecule has 5 nitrogen and oxygen atoms in total. The van der Waals surface area contributed by atoms with Gasteiger partial charge in [-0.2, -0.15) is 0 Å². The minimum absolute atomic E-state index is 0.0669. The molecule has 0 fully saturated rings. The summed E-state index contributed by atoms with van der Waals surface area (Å²) in [6.07, 6.45) is 1.40. The lowest BCUT2D eigenvalue weighted by molar-refractivity contribution is 0.460. The van der Waals surface area contributed by atoms with Crippen LogP contribution in [0.1, 0.15) is 12.8 Å². The SMILES string of the molecule is CS(=O)(=O)CCCCS(=O)(=O)[O-]. The van der Waals surface area contributed by atoms with Gasteiger partial charge >= 0.3 is 0 Å². The Morgan fingerprint density at radius 3 is 1.75 bits per heavy atom. The molecule has 7 heteroatoms. The Morgan fingerprint density at radius 2 is 1.42 bits per heavy atom. The third kappa shape index (κ3) is 9.86. The summed E-state index contributed by atoms with van der Waals surface area (Å²) in [6, 6.07) is 0. The number of unbranched alkanes of at least 4 members (excludes halogenated alkanes) is 1. The van der Waals surface area contributed by atoms with Crippen molar-refractivity contribution in [1.29, 1.82) is 0 Å². The maximum Gasteiger partial charge on any atom is 0.147 e. The molecule has 0 aromatic rings. The summed E-state index contributed by atoms with van der Waals surface area (Å²) in [5.74, 6) is -0.551. The van der Waals surface area contributed by atoms with Crippen LogP contribution in [0.5, 0.6) is 0 Å². The van der Waals surface area contributed by atoms with E-state index < -0.39 is 25.7 Å². The van der Waals surface area contributed by atoms with E-state index in [1.165, 1.54) is 0 Å². The van der Waals surface area contributed by atoms with E-state index in [2.05, 4.69) is 0 Å². The molecule has 0 aromatic heterocycles. The highest BCUT2D eigenvalue weighted by Gasteiger charge is 2.02. The molecule has 0 aliphatic carbocycles. The molecule has 0 aliphatic heterocycles. The smallest absolute Gasteiger partial charge is 0.147 e. The maximum atomic E-state index is 10.5. The summed E-state index contributed by atoms with van der Waals surface area (Å²) >= 11 is 0. The molecule has 0 saturated heterocycles. The number of hydrogen-bond donors (Lipinski definition) is 0. The van der Waals surface area contributed by atoms with Crippen molar-refractivity contribution in [2.75, 3.05) is 17.8 Å². The standard InChI is InChI=1S/C5H12O5S2/c1-11(6,7)4-2-3-5-12(8,9)10/h2-5H2,1H3,(H,8,9,10)/p-1.